The van der Waals surface area contributed by atoms with Gasteiger partial charge in [-0.2, -0.15) is 0 Å². The third-order valence-corrected chi connectivity index (χ3v) is 2.71. The molecule has 1 aromatic rings. The van der Waals surface area contributed by atoms with Gasteiger partial charge in [0.2, 0.25) is 5.91 Å². The van der Waals surface area contributed by atoms with Crippen molar-refractivity contribution in [1.82, 2.24) is 5.32 Å². The Balaban J connectivity index is 1.90. The number of para-hydroxylation sites is 1. The van der Waals surface area contributed by atoms with Crippen LogP contribution in [-0.2, 0) is 16.0 Å². The Morgan fingerprint density at radius 3 is 3.19 bits per heavy atom. The molecule has 0 bridgehead atoms. The summed E-state index contributed by atoms with van der Waals surface area (Å²) in [6.45, 7) is 0.888. The number of hydrogen-bond donors (Lipinski definition) is 2. The molecule has 4 nitrogen and oxygen atoms in total. The number of ether oxygens (including phenoxy) is 1. The molecule has 16 heavy (non-hydrogen) atoms. The molecule has 4 heteroatoms. The maximum absolute atomic E-state index is 11.0. The number of amides is 1. The number of benzene rings is 1. The first kappa shape index (κ1) is 11.0. The molecule has 0 fully saturated rings. The van der Waals surface area contributed by atoms with E-state index < -0.39 is 0 Å². The van der Waals surface area contributed by atoms with Gasteiger partial charge in [-0.1, -0.05) is 18.2 Å². The molecule has 1 heterocycles. The van der Waals surface area contributed by atoms with Crippen molar-refractivity contribution >= 4 is 11.6 Å². The molecule has 86 valence electrons. The summed E-state index contributed by atoms with van der Waals surface area (Å²) in [6, 6.07) is 8.17. The fourth-order valence-corrected chi connectivity index (χ4v) is 1.80. The van der Waals surface area contributed by atoms with Crippen LogP contribution in [0, 0.1) is 0 Å². The summed E-state index contributed by atoms with van der Waals surface area (Å²) in [4.78, 5) is 11.0. The van der Waals surface area contributed by atoms with Crippen molar-refractivity contribution in [3.8, 4) is 0 Å². The monoisotopic (exact) mass is 220 g/mol. The molecular weight excluding hydrogens is 204 g/mol. The van der Waals surface area contributed by atoms with Gasteiger partial charge in [0.25, 0.3) is 0 Å². The van der Waals surface area contributed by atoms with Crippen LogP contribution in [0.1, 0.15) is 5.56 Å². The smallest absolute Gasteiger partial charge is 0.245 e. The van der Waals surface area contributed by atoms with E-state index in [-0.39, 0.29) is 18.6 Å². The van der Waals surface area contributed by atoms with E-state index in [1.807, 2.05) is 12.1 Å². The van der Waals surface area contributed by atoms with Gasteiger partial charge in [0, 0.05) is 25.7 Å². The Kier molecular flexibility index (Phi) is 3.41. The van der Waals surface area contributed by atoms with Gasteiger partial charge in [-0.15, -0.1) is 0 Å². The van der Waals surface area contributed by atoms with E-state index in [4.69, 9.17) is 4.74 Å². The summed E-state index contributed by atoms with van der Waals surface area (Å²) >= 11 is 0. The highest BCUT2D eigenvalue weighted by Gasteiger charge is 2.18. The van der Waals surface area contributed by atoms with Crippen molar-refractivity contribution < 1.29 is 9.53 Å². The summed E-state index contributed by atoms with van der Waals surface area (Å²) < 4.78 is 5.52. The number of fused-ring (bicyclic) bond motifs is 1. The predicted molar refractivity (Wildman–Crippen MR) is 62.4 cm³/mol. The third-order valence-electron chi connectivity index (χ3n) is 2.71. The molecule has 1 aliphatic rings. The molecule has 1 unspecified atom stereocenters. The highest BCUT2D eigenvalue weighted by Crippen LogP contribution is 2.22. The lowest BCUT2D eigenvalue weighted by Gasteiger charge is -2.25. The standard InChI is InChI=1S/C12H16N2O2/c1-13-12(15)8-16-10-6-9-4-2-3-5-11(9)14-7-10/h2-5,10,14H,6-8H2,1H3,(H,13,15). The first-order chi connectivity index (χ1) is 7.79. The van der Waals surface area contributed by atoms with Crippen molar-refractivity contribution in [2.24, 2.45) is 0 Å². The van der Waals surface area contributed by atoms with E-state index in [0.717, 1.165) is 13.0 Å². The molecule has 0 saturated heterocycles. The van der Waals surface area contributed by atoms with Gasteiger partial charge in [0.05, 0.1) is 6.10 Å². The largest absolute Gasteiger partial charge is 0.382 e. The van der Waals surface area contributed by atoms with Gasteiger partial charge < -0.3 is 15.4 Å². The summed E-state index contributed by atoms with van der Waals surface area (Å²) in [6.07, 6.45) is 0.937. The summed E-state index contributed by atoms with van der Waals surface area (Å²) in [5, 5.41) is 5.84. The second kappa shape index (κ2) is 4.99. The van der Waals surface area contributed by atoms with Crippen LogP contribution in [0.15, 0.2) is 24.3 Å². The zero-order chi connectivity index (χ0) is 11.4. The maximum atomic E-state index is 11.0. The molecule has 1 atom stereocenters. The SMILES string of the molecule is CNC(=O)COC1CNc2ccccc2C1. The highest BCUT2D eigenvalue weighted by atomic mass is 16.5. The van der Waals surface area contributed by atoms with E-state index in [0.29, 0.717) is 0 Å². The van der Waals surface area contributed by atoms with Crippen LogP contribution in [0.25, 0.3) is 0 Å². The van der Waals surface area contributed by atoms with Gasteiger partial charge in [0.1, 0.15) is 6.61 Å². The van der Waals surface area contributed by atoms with Crippen LogP contribution in [0.2, 0.25) is 0 Å². The fourth-order valence-electron chi connectivity index (χ4n) is 1.80. The van der Waals surface area contributed by atoms with E-state index in [9.17, 15) is 4.79 Å². The van der Waals surface area contributed by atoms with Crippen molar-refractivity contribution in [1.29, 1.82) is 0 Å². The predicted octanol–water partition coefficient (Wildman–Crippen LogP) is 0.786. The molecule has 0 aromatic heterocycles. The lowest BCUT2D eigenvalue weighted by molar-refractivity contribution is -0.126. The number of carbonyl (C=O) groups excluding carboxylic acids is 1. The summed E-state index contributed by atoms with van der Waals surface area (Å²) in [7, 11) is 1.61. The second-order valence-corrected chi connectivity index (χ2v) is 3.85. The minimum absolute atomic E-state index is 0.0761. The van der Waals surface area contributed by atoms with Crippen molar-refractivity contribution in [2.45, 2.75) is 12.5 Å². The van der Waals surface area contributed by atoms with Gasteiger partial charge in [-0.05, 0) is 11.6 Å². The van der Waals surface area contributed by atoms with Crippen molar-refractivity contribution in [2.75, 3.05) is 25.5 Å². The number of likely N-dealkylation sites (N-methyl/N-ethyl adjacent to an activating group) is 1. The molecule has 0 spiro atoms. The van der Waals surface area contributed by atoms with Gasteiger partial charge in [-0.25, -0.2) is 0 Å². The average molecular weight is 220 g/mol. The van der Waals surface area contributed by atoms with Crippen LogP contribution < -0.4 is 10.6 Å². The number of rotatable bonds is 3. The molecule has 0 saturated carbocycles. The Morgan fingerprint density at radius 2 is 2.38 bits per heavy atom. The minimum Gasteiger partial charge on any atom is -0.382 e. The Bertz CT molecular complexity index is 379. The van der Waals surface area contributed by atoms with Gasteiger partial charge >= 0.3 is 0 Å². The number of anilines is 1. The van der Waals surface area contributed by atoms with Crippen LogP contribution in [0.5, 0.6) is 0 Å². The van der Waals surface area contributed by atoms with Crippen molar-refractivity contribution in [3.63, 3.8) is 0 Å². The zero-order valence-electron chi connectivity index (χ0n) is 9.32. The molecule has 1 amide bonds. The van der Waals surface area contributed by atoms with E-state index in [2.05, 4.69) is 22.8 Å². The average Bonchev–Trinajstić information content (AvgIpc) is 2.35. The first-order valence-corrected chi connectivity index (χ1v) is 5.43. The van der Waals surface area contributed by atoms with E-state index in [1.54, 1.807) is 7.05 Å². The number of hydrogen-bond acceptors (Lipinski definition) is 3. The van der Waals surface area contributed by atoms with Gasteiger partial charge in [-0.3, -0.25) is 4.79 Å². The quantitative estimate of drug-likeness (QED) is 0.791. The summed E-state index contributed by atoms with van der Waals surface area (Å²) in [5.74, 6) is -0.0844. The Labute approximate surface area is 95.0 Å². The first-order valence-electron chi connectivity index (χ1n) is 5.43. The number of carbonyl (C=O) groups is 1. The summed E-state index contributed by atoms with van der Waals surface area (Å²) in [5.41, 5.74) is 2.41. The fraction of sp³-hybridized carbons (Fsp3) is 0.417. The zero-order valence-corrected chi connectivity index (χ0v) is 9.32. The molecular formula is C12H16N2O2. The minimum atomic E-state index is -0.0844. The van der Waals surface area contributed by atoms with Crippen LogP contribution >= 0.6 is 0 Å². The Hall–Kier alpha value is -1.55. The highest BCUT2D eigenvalue weighted by molar-refractivity contribution is 5.76. The van der Waals surface area contributed by atoms with E-state index in [1.165, 1.54) is 11.3 Å². The van der Waals surface area contributed by atoms with Crippen LogP contribution in [0.4, 0.5) is 5.69 Å². The maximum Gasteiger partial charge on any atom is 0.245 e. The Morgan fingerprint density at radius 1 is 1.56 bits per heavy atom. The van der Waals surface area contributed by atoms with E-state index >= 15 is 0 Å². The molecule has 0 aliphatic carbocycles. The third kappa shape index (κ3) is 2.52. The molecule has 0 radical (unpaired) electrons. The van der Waals surface area contributed by atoms with Gasteiger partial charge in [0.15, 0.2) is 0 Å². The van der Waals surface area contributed by atoms with Crippen molar-refractivity contribution in [3.05, 3.63) is 29.8 Å². The number of nitrogens with one attached hydrogen (secondary N) is 2. The van der Waals surface area contributed by atoms with Crippen LogP contribution in [0.3, 0.4) is 0 Å². The lowest BCUT2D eigenvalue weighted by atomic mass is 10.0. The normalized spacial score (nSPS) is 18.4. The molecule has 2 N–H and O–H groups in total. The molecule has 1 aliphatic heterocycles. The topological polar surface area (TPSA) is 50.4 Å². The van der Waals surface area contributed by atoms with Crippen LogP contribution in [-0.4, -0.2) is 32.2 Å². The lowest BCUT2D eigenvalue weighted by Crippen LogP contribution is -2.34. The molecule has 2 rings (SSSR count). The molecule has 1 aromatic carbocycles. The second-order valence-electron chi connectivity index (χ2n) is 3.85.